The van der Waals surface area contributed by atoms with E-state index in [1.807, 2.05) is 31.2 Å². The number of hydrogen-bond donors (Lipinski definition) is 1. The number of nitrogens with one attached hydrogen (secondary N) is 1. The zero-order chi connectivity index (χ0) is 23.9. The first kappa shape index (κ1) is 22.2. The van der Waals surface area contributed by atoms with Crippen molar-refractivity contribution in [2.45, 2.75) is 31.6 Å². The van der Waals surface area contributed by atoms with Crippen molar-refractivity contribution in [2.75, 3.05) is 18.4 Å². The molecular weight excluding hydrogens is 452 g/mol. The summed E-state index contributed by atoms with van der Waals surface area (Å²) in [6, 6.07) is 15.8. The third kappa shape index (κ3) is 4.08. The molecule has 0 aliphatic carbocycles. The fourth-order valence-corrected chi connectivity index (χ4v) is 5.72. The van der Waals surface area contributed by atoms with Crippen LogP contribution in [0.2, 0.25) is 0 Å². The predicted molar refractivity (Wildman–Crippen MR) is 129 cm³/mol. The van der Waals surface area contributed by atoms with Crippen LogP contribution in [0.5, 0.6) is 0 Å². The molecule has 2 aromatic carbocycles. The zero-order valence-corrected chi connectivity index (χ0v) is 19.7. The molecule has 0 bridgehead atoms. The van der Waals surface area contributed by atoms with Crippen molar-refractivity contribution in [1.29, 1.82) is 0 Å². The van der Waals surface area contributed by atoms with Gasteiger partial charge in [-0.2, -0.15) is 4.31 Å². The molecule has 8 nitrogen and oxygen atoms in total. The maximum Gasteiger partial charge on any atom is 0.259 e. The van der Waals surface area contributed by atoms with E-state index in [1.165, 1.54) is 10.4 Å². The van der Waals surface area contributed by atoms with E-state index < -0.39 is 15.9 Å². The molecule has 0 radical (unpaired) electrons. The number of anilines is 1. The molecule has 1 N–H and O–H groups in total. The maximum absolute atomic E-state index is 13.4. The molecular formula is C25H24N4O4S. The van der Waals surface area contributed by atoms with Crippen LogP contribution in [0.15, 0.2) is 64.0 Å². The molecule has 2 aromatic heterocycles. The molecule has 1 aliphatic heterocycles. The lowest BCUT2D eigenvalue weighted by Gasteiger charge is -2.16. The van der Waals surface area contributed by atoms with E-state index in [2.05, 4.69) is 15.5 Å². The monoisotopic (exact) mass is 476 g/mol. The van der Waals surface area contributed by atoms with Crippen LogP contribution in [0.3, 0.4) is 0 Å². The number of aromatic nitrogens is 2. The second-order valence-electron chi connectivity index (χ2n) is 8.46. The Morgan fingerprint density at radius 2 is 1.76 bits per heavy atom. The molecule has 9 heteroatoms. The van der Waals surface area contributed by atoms with E-state index in [1.54, 1.807) is 31.2 Å². The Morgan fingerprint density at radius 1 is 1.03 bits per heavy atom. The molecule has 5 rings (SSSR count). The van der Waals surface area contributed by atoms with Crippen LogP contribution in [-0.2, 0) is 10.0 Å². The van der Waals surface area contributed by atoms with Crippen LogP contribution >= 0.6 is 0 Å². The summed E-state index contributed by atoms with van der Waals surface area (Å²) in [6.07, 6.45) is 1.71. The summed E-state index contributed by atoms with van der Waals surface area (Å²) in [5, 5.41) is 7.34. The SMILES string of the molecule is Cc1ccc(-c2cc(C(=O)Nc3cccc(S(=O)(=O)N4CCCC4)c3)c3c(C)noc3n2)cc1. The van der Waals surface area contributed by atoms with Crippen LogP contribution in [0.1, 0.15) is 34.5 Å². The number of sulfonamides is 1. The minimum atomic E-state index is -3.59. The highest BCUT2D eigenvalue weighted by molar-refractivity contribution is 7.89. The summed E-state index contributed by atoms with van der Waals surface area (Å²) < 4.78 is 32.7. The number of hydrogen-bond acceptors (Lipinski definition) is 6. The van der Waals surface area contributed by atoms with Crippen LogP contribution in [0, 0.1) is 13.8 Å². The third-order valence-electron chi connectivity index (χ3n) is 6.00. The average Bonchev–Trinajstić information content (AvgIpc) is 3.50. The summed E-state index contributed by atoms with van der Waals surface area (Å²) >= 11 is 0. The van der Waals surface area contributed by atoms with Gasteiger partial charge < -0.3 is 9.84 Å². The van der Waals surface area contributed by atoms with Crippen molar-refractivity contribution in [3.63, 3.8) is 0 Å². The van der Waals surface area contributed by atoms with Crippen LogP contribution < -0.4 is 5.32 Å². The normalized spacial score (nSPS) is 14.5. The number of rotatable bonds is 5. The average molecular weight is 477 g/mol. The predicted octanol–water partition coefficient (Wildman–Crippen LogP) is 4.54. The largest absolute Gasteiger partial charge is 0.335 e. The van der Waals surface area contributed by atoms with Crippen molar-refractivity contribution in [2.24, 2.45) is 0 Å². The molecule has 4 aromatic rings. The van der Waals surface area contributed by atoms with Gasteiger partial charge in [-0.25, -0.2) is 13.4 Å². The van der Waals surface area contributed by atoms with Gasteiger partial charge in [0.1, 0.15) is 0 Å². The molecule has 0 unspecified atom stereocenters. The molecule has 1 amide bonds. The van der Waals surface area contributed by atoms with Gasteiger partial charge in [0, 0.05) is 24.3 Å². The standard InChI is InChI=1S/C25H24N4O4S/c1-16-8-10-18(11-9-16)22-15-21(23-17(2)28-33-25(23)27-22)24(30)26-19-6-5-7-20(14-19)34(31,32)29-12-3-4-13-29/h5-11,14-15H,3-4,12-13H2,1-2H3,(H,26,30). The second kappa shape index (κ2) is 8.66. The van der Waals surface area contributed by atoms with Gasteiger partial charge in [0.15, 0.2) is 0 Å². The van der Waals surface area contributed by atoms with Gasteiger partial charge >= 0.3 is 0 Å². The van der Waals surface area contributed by atoms with Crippen molar-refractivity contribution in [3.05, 3.63) is 71.4 Å². The quantitative estimate of drug-likeness (QED) is 0.453. The molecule has 0 spiro atoms. The van der Waals surface area contributed by atoms with Gasteiger partial charge in [-0.3, -0.25) is 4.79 Å². The van der Waals surface area contributed by atoms with Gasteiger partial charge in [-0.05, 0) is 51.0 Å². The lowest BCUT2D eigenvalue weighted by atomic mass is 10.0. The van der Waals surface area contributed by atoms with E-state index in [0.29, 0.717) is 41.1 Å². The van der Waals surface area contributed by atoms with E-state index in [9.17, 15) is 13.2 Å². The summed E-state index contributed by atoms with van der Waals surface area (Å²) in [5.74, 6) is -0.400. The van der Waals surface area contributed by atoms with Gasteiger partial charge in [0.2, 0.25) is 10.0 Å². The number of carbonyl (C=O) groups excluding carboxylic acids is 1. The molecule has 174 valence electrons. The summed E-state index contributed by atoms with van der Waals surface area (Å²) in [5.41, 5.74) is 4.10. The maximum atomic E-state index is 13.4. The van der Waals surface area contributed by atoms with Crippen LogP contribution in [0.4, 0.5) is 5.69 Å². The first-order valence-corrected chi connectivity index (χ1v) is 12.5. The fraction of sp³-hybridized carbons (Fsp3) is 0.240. The van der Waals surface area contributed by atoms with Gasteiger partial charge in [-0.15, -0.1) is 0 Å². The van der Waals surface area contributed by atoms with Gasteiger partial charge in [0.05, 0.1) is 27.2 Å². The Hall–Kier alpha value is -3.56. The third-order valence-corrected chi connectivity index (χ3v) is 7.90. The second-order valence-corrected chi connectivity index (χ2v) is 10.4. The molecule has 34 heavy (non-hydrogen) atoms. The zero-order valence-electron chi connectivity index (χ0n) is 18.9. The smallest absolute Gasteiger partial charge is 0.259 e. The minimum absolute atomic E-state index is 0.161. The van der Waals surface area contributed by atoms with Crippen molar-refractivity contribution >= 4 is 32.7 Å². The Labute approximate surface area is 197 Å². The lowest BCUT2D eigenvalue weighted by Crippen LogP contribution is -2.27. The Morgan fingerprint density at radius 3 is 2.50 bits per heavy atom. The number of pyridine rings is 1. The summed E-state index contributed by atoms with van der Waals surface area (Å²) in [6.45, 7) is 4.78. The topological polar surface area (TPSA) is 105 Å². The fourth-order valence-electron chi connectivity index (χ4n) is 4.16. The Balaban J connectivity index is 1.50. The number of benzene rings is 2. The molecule has 1 aliphatic rings. The highest BCUT2D eigenvalue weighted by Crippen LogP contribution is 2.29. The highest BCUT2D eigenvalue weighted by atomic mass is 32.2. The van der Waals surface area contributed by atoms with E-state index in [4.69, 9.17) is 4.52 Å². The minimum Gasteiger partial charge on any atom is -0.335 e. The highest BCUT2D eigenvalue weighted by Gasteiger charge is 2.27. The molecule has 0 atom stereocenters. The Kier molecular flexibility index (Phi) is 5.66. The Bertz CT molecular complexity index is 1490. The first-order chi connectivity index (χ1) is 16.3. The molecule has 0 saturated carbocycles. The molecule has 1 fully saturated rings. The number of fused-ring (bicyclic) bond motifs is 1. The van der Waals surface area contributed by atoms with Crippen LogP contribution in [0.25, 0.3) is 22.4 Å². The van der Waals surface area contributed by atoms with E-state index in [-0.39, 0.29) is 10.6 Å². The van der Waals surface area contributed by atoms with Crippen molar-refractivity contribution in [3.8, 4) is 11.3 Å². The van der Waals surface area contributed by atoms with Gasteiger partial charge in [-0.1, -0.05) is 41.1 Å². The van der Waals surface area contributed by atoms with E-state index >= 15 is 0 Å². The first-order valence-electron chi connectivity index (χ1n) is 11.1. The molecule has 3 heterocycles. The van der Waals surface area contributed by atoms with Crippen molar-refractivity contribution < 1.29 is 17.7 Å². The van der Waals surface area contributed by atoms with Crippen molar-refractivity contribution in [1.82, 2.24) is 14.4 Å². The lowest BCUT2D eigenvalue weighted by molar-refractivity contribution is 0.102. The summed E-state index contributed by atoms with van der Waals surface area (Å²) in [7, 11) is -3.59. The molecule has 1 saturated heterocycles. The van der Waals surface area contributed by atoms with Gasteiger partial charge in [0.25, 0.3) is 11.6 Å². The number of nitrogens with zero attached hydrogens (tertiary/aromatic N) is 3. The summed E-state index contributed by atoms with van der Waals surface area (Å²) in [4.78, 5) is 18.1. The number of amides is 1. The number of aryl methyl sites for hydroxylation is 2. The van der Waals surface area contributed by atoms with Crippen LogP contribution in [-0.4, -0.2) is 41.9 Å². The number of carbonyl (C=O) groups is 1. The van der Waals surface area contributed by atoms with E-state index in [0.717, 1.165) is 24.0 Å².